The number of amides is 1. The Hall–Kier alpha value is -2.80. The van der Waals surface area contributed by atoms with Crippen LogP contribution in [0.25, 0.3) is 10.9 Å². The zero-order valence-corrected chi connectivity index (χ0v) is 15.3. The third-order valence-electron chi connectivity index (χ3n) is 3.44. The number of para-hydroxylation sites is 1. The molecule has 1 heterocycles. The molecule has 2 N–H and O–H groups in total. The van der Waals surface area contributed by atoms with E-state index >= 15 is 0 Å². The molecule has 134 valence electrons. The summed E-state index contributed by atoms with van der Waals surface area (Å²) in [4.78, 5) is 31.2. The third kappa shape index (κ3) is 4.64. The van der Waals surface area contributed by atoms with Gasteiger partial charge in [-0.2, -0.15) is 0 Å². The van der Waals surface area contributed by atoms with E-state index in [1.807, 2.05) is 32.0 Å². The largest absolute Gasteiger partial charge is 0.491 e. The third-order valence-corrected chi connectivity index (χ3v) is 4.31. The van der Waals surface area contributed by atoms with Crippen molar-refractivity contribution in [1.29, 1.82) is 0 Å². The molecule has 0 atom stereocenters. The first kappa shape index (κ1) is 18.0. The molecule has 3 rings (SSSR count). The molecule has 0 radical (unpaired) electrons. The number of H-pyrrole nitrogens is 1. The predicted molar refractivity (Wildman–Crippen MR) is 104 cm³/mol. The van der Waals surface area contributed by atoms with Crippen LogP contribution in [0.2, 0.25) is 0 Å². The Labute approximate surface area is 155 Å². The lowest BCUT2D eigenvalue weighted by Gasteiger charge is -2.10. The molecule has 6 nitrogen and oxygen atoms in total. The number of benzene rings is 2. The Morgan fingerprint density at radius 3 is 2.65 bits per heavy atom. The molecule has 0 fully saturated rings. The van der Waals surface area contributed by atoms with E-state index in [0.717, 1.165) is 5.75 Å². The summed E-state index contributed by atoms with van der Waals surface area (Å²) in [6.07, 6.45) is 0.100. The van der Waals surface area contributed by atoms with Gasteiger partial charge in [-0.05, 0) is 50.2 Å². The van der Waals surface area contributed by atoms with Crippen LogP contribution < -0.4 is 15.6 Å². The number of thioether (sulfide) groups is 1. The van der Waals surface area contributed by atoms with Gasteiger partial charge in [0.15, 0.2) is 5.16 Å². The Kier molecular flexibility index (Phi) is 5.58. The minimum Gasteiger partial charge on any atom is -0.491 e. The summed E-state index contributed by atoms with van der Waals surface area (Å²) in [7, 11) is 0. The maximum absolute atomic E-state index is 12.1. The van der Waals surface area contributed by atoms with Crippen molar-refractivity contribution >= 4 is 34.3 Å². The van der Waals surface area contributed by atoms with E-state index in [2.05, 4.69) is 15.3 Å². The average Bonchev–Trinajstić information content (AvgIpc) is 2.61. The summed E-state index contributed by atoms with van der Waals surface area (Å²) < 4.78 is 5.57. The number of aromatic amines is 1. The second-order valence-corrected chi connectivity index (χ2v) is 6.88. The maximum atomic E-state index is 12.1. The van der Waals surface area contributed by atoms with E-state index in [4.69, 9.17) is 4.74 Å². The lowest BCUT2D eigenvalue weighted by Crippen LogP contribution is -2.15. The van der Waals surface area contributed by atoms with Crippen molar-refractivity contribution in [3.63, 3.8) is 0 Å². The van der Waals surface area contributed by atoms with Crippen LogP contribution in [0.4, 0.5) is 5.69 Å². The van der Waals surface area contributed by atoms with Gasteiger partial charge in [-0.25, -0.2) is 4.98 Å². The maximum Gasteiger partial charge on any atom is 0.259 e. The number of carbonyl (C=O) groups excluding carboxylic acids is 1. The first-order valence-electron chi connectivity index (χ1n) is 8.20. The molecule has 0 saturated heterocycles. The number of fused-ring (bicyclic) bond motifs is 1. The molecule has 1 aromatic heterocycles. The van der Waals surface area contributed by atoms with Gasteiger partial charge in [0, 0.05) is 5.69 Å². The van der Waals surface area contributed by atoms with Crippen LogP contribution in [0.15, 0.2) is 58.5 Å². The fourth-order valence-electron chi connectivity index (χ4n) is 2.35. The quantitative estimate of drug-likeness (QED) is 0.514. The number of carbonyl (C=O) groups is 1. The molecule has 2 aromatic carbocycles. The van der Waals surface area contributed by atoms with Crippen LogP contribution >= 0.6 is 11.8 Å². The Morgan fingerprint density at radius 2 is 1.92 bits per heavy atom. The predicted octanol–water partition coefficient (Wildman–Crippen LogP) is 3.44. The number of hydrogen-bond acceptors (Lipinski definition) is 5. The first-order chi connectivity index (χ1) is 12.5. The van der Waals surface area contributed by atoms with Crippen LogP contribution in [0, 0.1) is 0 Å². The molecule has 0 spiro atoms. The molecule has 26 heavy (non-hydrogen) atoms. The molecule has 0 aliphatic carbocycles. The zero-order valence-electron chi connectivity index (χ0n) is 14.5. The van der Waals surface area contributed by atoms with E-state index in [1.165, 1.54) is 11.8 Å². The Morgan fingerprint density at radius 1 is 1.19 bits per heavy atom. The molecule has 0 saturated carbocycles. The van der Waals surface area contributed by atoms with Gasteiger partial charge in [0.1, 0.15) is 5.75 Å². The van der Waals surface area contributed by atoms with Gasteiger partial charge in [0.05, 0.1) is 22.8 Å². The molecule has 0 bridgehead atoms. The summed E-state index contributed by atoms with van der Waals surface area (Å²) in [5.41, 5.74) is 1.09. The second-order valence-electron chi connectivity index (χ2n) is 5.92. The van der Waals surface area contributed by atoms with E-state index in [9.17, 15) is 9.59 Å². The number of anilines is 1. The van der Waals surface area contributed by atoms with Crippen molar-refractivity contribution in [2.45, 2.75) is 25.1 Å². The number of rotatable bonds is 6. The van der Waals surface area contributed by atoms with Crippen molar-refractivity contribution in [2.24, 2.45) is 0 Å². The monoisotopic (exact) mass is 369 g/mol. The first-order valence-corrected chi connectivity index (χ1v) is 9.18. The lowest BCUT2D eigenvalue weighted by molar-refractivity contribution is -0.113. The minimum absolute atomic E-state index is 0.100. The molecule has 0 aliphatic heterocycles. The normalized spacial score (nSPS) is 10.9. The molecular weight excluding hydrogens is 350 g/mol. The SMILES string of the molecule is CC(C)Oc1ccc(NC(=O)CSc2nc3ccccc3c(=O)[nH]2)cc1. The number of nitrogens with zero attached hydrogens (tertiary/aromatic N) is 1. The topological polar surface area (TPSA) is 84.1 Å². The van der Waals surface area contributed by atoms with Gasteiger partial charge >= 0.3 is 0 Å². The van der Waals surface area contributed by atoms with Gasteiger partial charge in [-0.1, -0.05) is 23.9 Å². The molecule has 1 amide bonds. The van der Waals surface area contributed by atoms with Crippen LogP contribution in [-0.4, -0.2) is 27.7 Å². The van der Waals surface area contributed by atoms with Gasteiger partial charge in [-0.3, -0.25) is 9.59 Å². The van der Waals surface area contributed by atoms with Gasteiger partial charge < -0.3 is 15.0 Å². The summed E-state index contributed by atoms with van der Waals surface area (Å²) in [5, 5.41) is 3.76. The molecule has 0 unspecified atom stereocenters. The van der Waals surface area contributed by atoms with Crippen molar-refractivity contribution in [3.8, 4) is 5.75 Å². The highest BCUT2D eigenvalue weighted by atomic mass is 32.2. The van der Waals surface area contributed by atoms with Gasteiger partial charge in [0.2, 0.25) is 5.91 Å². The van der Waals surface area contributed by atoms with Crippen LogP contribution in [0.1, 0.15) is 13.8 Å². The summed E-state index contributed by atoms with van der Waals surface area (Å²) >= 11 is 1.18. The minimum atomic E-state index is -0.209. The van der Waals surface area contributed by atoms with Crippen LogP contribution in [0.3, 0.4) is 0 Å². The zero-order chi connectivity index (χ0) is 18.5. The second kappa shape index (κ2) is 8.05. The Balaban J connectivity index is 1.59. The highest BCUT2D eigenvalue weighted by molar-refractivity contribution is 7.99. The molecular formula is C19H19N3O3S. The van der Waals surface area contributed by atoms with Crippen molar-refractivity contribution < 1.29 is 9.53 Å². The van der Waals surface area contributed by atoms with E-state index in [1.54, 1.807) is 30.3 Å². The number of hydrogen-bond donors (Lipinski definition) is 2. The van der Waals surface area contributed by atoms with Crippen LogP contribution in [-0.2, 0) is 4.79 Å². The molecule has 3 aromatic rings. The standard InChI is InChI=1S/C19H19N3O3S/c1-12(2)25-14-9-7-13(8-10-14)20-17(23)11-26-19-21-16-6-4-3-5-15(16)18(24)22-19/h3-10,12H,11H2,1-2H3,(H,20,23)(H,21,22,24). The summed E-state index contributed by atoms with van der Waals surface area (Å²) in [6.45, 7) is 3.91. The highest BCUT2D eigenvalue weighted by Gasteiger charge is 2.08. The van der Waals surface area contributed by atoms with Crippen molar-refractivity contribution in [1.82, 2.24) is 9.97 Å². The highest BCUT2D eigenvalue weighted by Crippen LogP contribution is 2.18. The average molecular weight is 369 g/mol. The lowest BCUT2D eigenvalue weighted by atomic mass is 10.2. The van der Waals surface area contributed by atoms with E-state index in [0.29, 0.717) is 21.7 Å². The fourth-order valence-corrected chi connectivity index (χ4v) is 3.02. The van der Waals surface area contributed by atoms with Gasteiger partial charge in [0.25, 0.3) is 5.56 Å². The number of ether oxygens (including phenoxy) is 1. The van der Waals surface area contributed by atoms with Gasteiger partial charge in [-0.15, -0.1) is 0 Å². The smallest absolute Gasteiger partial charge is 0.259 e. The van der Waals surface area contributed by atoms with Crippen molar-refractivity contribution in [2.75, 3.05) is 11.1 Å². The summed E-state index contributed by atoms with van der Waals surface area (Å²) in [6, 6.07) is 14.3. The molecule has 7 heteroatoms. The fraction of sp³-hybridized carbons (Fsp3) is 0.211. The van der Waals surface area contributed by atoms with E-state index < -0.39 is 0 Å². The van der Waals surface area contributed by atoms with Crippen LogP contribution in [0.5, 0.6) is 5.75 Å². The van der Waals surface area contributed by atoms with E-state index in [-0.39, 0.29) is 23.3 Å². The number of aromatic nitrogens is 2. The molecule has 0 aliphatic rings. The summed E-state index contributed by atoms with van der Waals surface area (Å²) in [5.74, 6) is 0.722. The number of nitrogens with one attached hydrogen (secondary N) is 2. The Bertz CT molecular complexity index is 968. The van der Waals surface area contributed by atoms with Crippen molar-refractivity contribution in [3.05, 3.63) is 58.9 Å².